The molecule has 0 aromatic heterocycles. The van der Waals surface area contributed by atoms with Gasteiger partial charge in [-0.2, -0.15) is 13.2 Å². The highest BCUT2D eigenvalue weighted by molar-refractivity contribution is 6.33. The van der Waals surface area contributed by atoms with Gasteiger partial charge in [-0.05, 0) is 24.3 Å². The summed E-state index contributed by atoms with van der Waals surface area (Å²) >= 11 is 5.78. The molecule has 2 aromatic carbocycles. The van der Waals surface area contributed by atoms with E-state index in [4.69, 9.17) is 11.6 Å². The molecule has 0 atom stereocenters. The molecule has 0 aliphatic rings. The number of hydrogen-bond donors (Lipinski definition) is 1. The summed E-state index contributed by atoms with van der Waals surface area (Å²) in [6.45, 7) is 0. The summed E-state index contributed by atoms with van der Waals surface area (Å²) < 4.78 is 38.0. The van der Waals surface area contributed by atoms with Crippen LogP contribution in [-0.4, -0.2) is 16.2 Å². The molecule has 0 unspecified atom stereocenters. The third-order valence-corrected chi connectivity index (χ3v) is 3.18. The maximum Gasteiger partial charge on any atom is 0.416 e. The second-order valence-electron chi connectivity index (χ2n) is 4.39. The van der Waals surface area contributed by atoms with E-state index in [1.165, 1.54) is 12.1 Å². The summed E-state index contributed by atoms with van der Waals surface area (Å²) in [4.78, 5) is 13.7. The number of benzene rings is 2. The van der Waals surface area contributed by atoms with Crippen LogP contribution in [0.4, 0.5) is 24.5 Å². The molecular formula is C14H8ClF3N2O3. The predicted octanol–water partition coefficient (Wildman–Crippen LogP) is 4.72. The van der Waals surface area contributed by atoms with Crippen molar-refractivity contribution in [2.24, 2.45) is 4.99 Å². The fraction of sp³-hybridized carbons (Fsp3) is 0.0714. The average molecular weight is 345 g/mol. The van der Waals surface area contributed by atoms with E-state index in [1.807, 2.05) is 0 Å². The first kappa shape index (κ1) is 16.8. The zero-order valence-electron chi connectivity index (χ0n) is 11.2. The minimum atomic E-state index is -4.55. The summed E-state index contributed by atoms with van der Waals surface area (Å²) in [6.07, 6.45) is -3.55. The largest absolute Gasteiger partial charge is 0.502 e. The molecular weight excluding hydrogens is 337 g/mol. The van der Waals surface area contributed by atoms with Crippen molar-refractivity contribution in [1.29, 1.82) is 0 Å². The van der Waals surface area contributed by atoms with Gasteiger partial charge in [-0.15, -0.1) is 0 Å². The SMILES string of the molecule is O=[N+]([O-])c1cccc(C=Nc2cc(C(F)(F)F)ccc2Cl)c1O. The summed E-state index contributed by atoms with van der Waals surface area (Å²) in [5.41, 5.74) is -1.67. The number of hydrogen-bond acceptors (Lipinski definition) is 4. The second-order valence-corrected chi connectivity index (χ2v) is 4.80. The van der Waals surface area contributed by atoms with Crippen molar-refractivity contribution in [3.05, 3.63) is 62.7 Å². The van der Waals surface area contributed by atoms with E-state index in [1.54, 1.807) is 0 Å². The Bertz CT molecular complexity index is 791. The monoisotopic (exact) mass is 344 g/mol. The van der Waals surface area contributed by atoms with Crippen LogP contribution in [0, 0.1) is 10.1 Å². The number of nitro benzene ring substituents is 1. The standard InChI is InChI=1S/C14H8ClF3N2O3/c15-10-5-4-9(14(16,17)18)6-11(10)19-7-8-2-1-3-12(13(8)21)20(22)23/h1-7,21H. The van der Waals surface area contributed by atoms with Crippen molar-refractivity contribution in [3.63, 3.8) is 0 Å². The number of phenols is 1. The van der Waals surface area contributed by atoms with Crippen LogP contribution in [0.5, 0.6) is 5.75 Å². The minimum absolute atomic E-state index is 0.0207. The number of halogens is 4. The van der Waals surface area contributed by atoms with Gasteiger partial charge in [-0.3, -0.25) is 15.1 Å². The number of rotatable bonds is 3. The number of nitro groups is 1. The van der Waals surface area contributed by atoms with Crippen LogP contribution in [0.25, 0.3) is 0 Å². The molecule has 0 amide bonds. The lowest BCUT2D eigenvalue weighted by Crippen LogP contribution is -2.04. The molecule has 0 bridgehead atoms. The molecule has 1 N–H and O–H groups in total. The van der Waals surface area contributed by atoms with Gasteiger partial charge in [0.25, 0.3) is 0 Å². The molecule has 0 heterocycles. The molecule has 2 rings (SSSR count). The van der Waals surface area contributed by atoms with Gasteiger partial charge in [0.1, 0.15) is 0 Å². The average Bonchev–Trinajstić information content (AvgIpc) is 2.46. The van der Waals surface area contributed by atoms with Crippen LogP contribution < -0.4 is 0 Å². The van der Waals surface area contributed by atoms with Gasteiger partial charge in [-0.1, -0.05) is 17.7 Å². The van der Waals surface area contributed by atoms with Crippen LogP contribution in [0.15, 0.2) is 41.4 Å². The number of aliphatic imine (C=N–C) groups is 1. The van der Waals surface area contributed by atoms with Gasteiger partial charge in [0.05, 0.1) is 21.2 Å². The molecule has 0 saturated carbocycles. The first-order valence-corrected chi connectivity index (χ1v) is 6.45. The van der Waals surface area contributed by atoms with Gasteiger partial charge in [0.15, 0.2) is 0 Å². The maximum atomic E-state index is 12.7. The van der Waals surface area contributed by atoms with Crippen molar-refractivity contribution >= 4 is 29.2 Å². The quantitative estimate of drug-likeness (QED) is 0.497. The van der Waals surface area contributed by atoms with E-state index < -0.39 is 28.1 Å². The molecule has 120 valence electrons. The van der Waals surface area contributed by atoms with E-state index in [-0.39, 0.29) is 16.3 Å². The molecule has 0 saturated heterocycles. The van der Waals surface area contributed by atoms with Crippen molar-refractivity contribution in [3.8, 4) is 5.75 Å². The zero-order chi connectivity index (χ0) is 17.2. The first-order chi connectivity index (χ1) is 10.7. The molecule has 0 radical (unpaired) electrons. The fourth-order valence-electron chi connectivity index (χ4n) is 1.73. The van der Waals surface area contributed by atoms with Crippen LogP contribution in [0.2, 0.25) is 5.02 Å². The highest BCUT2D eigenvalue weighted by atomic mass is 35.5. The molecule has 0 aliphatic heterocycles. The number of aromatic hydroxyl groups is 1. The van der Waals surface area contributed by atoms with E-state index >= 15 is 0 Å². The Hall–Kier alpha value is -2.61. The van der Waals surface area contributed by atoms with Crippen LogP contribution in [-0.2, 0) is 6.18 Å². The minimum Gasteiger partial charge on any atom is -0.502 e. The van der Waals surface area contributed by atoms with Crippen molar-refractivity contribution < 1.29 is 23.2 Å². The lowest BCUT2D eigenvalue weighted by Gasteiger charge is -2.08. The molecule has 23 heavy (non-hydrogen) atoms. The van der Waals surface area contributed by atoms with Gasteiger partial charge in [0.2, 0.25) is 5.75 Å². The van der Waals surface area contributed by atoms with Gasteiger partial charge in [-0.25, -0.2) is 0 Å². The van der Waals surface area contributed by atoms with Crippen molar-refractivity contribution in [2.45, 2.75) is 6.18 Å². The Balaban J connectivity index is 2.42. The Morgan fingerprint density at radius 1 is 1.26 bits per heavy atom. The van der Waals surface area contributed by atoms with E-state index in [0.29, 0.717) is 0 Å². The summed E-state index contributed by atoms with van der Waals surface area (Å²) in [5, 5.41) is 20.4. The number of para-hydroxylation sites is 1. The fourth-order valence-corrected chi connectivity index (χ4v) is 1.89. The smallest absolute Gasteiger partial charge is 0.416 e. The number of nitrogens with zero attached hydrogens (tertiary/aromatic N) is 2. The zero-order valence-corrected chi connectivity index (χ0v) is 12.0. The van der Waals surface area contributed by atoms with E-state index in [0.717, 1.165) is 30.5 Å². The Morgan fingerprint density at radius 3 is 2.57 bits per heavy atom. The van der Waals surface area contributed by atoms with Crippen LogP contribution in [0.3, 0.4) is 0 Å². The first-order valence-electron chi connectivity index (χ1n) is 6.07. The molecule has 0 fully saturated rings. The topological polar surface area (TPSA) is 75.7 Å². The third-order valence-electron chi connectivity index (χ3n) is 2.86. The Kier molecular flexibility index (Phi) is 4.55. The predicted molar refractivity (Wildman–Crippen MR) is 78.5 cm³/mol. The highest BCUT2D eigenvalue weighted by Crippen LogP contribution is 2.35. The third kappa shape index (κ3) is 3.78. The molecule has 0 aliphatic carbocycles. The molecule has 9 heteroatoms. The summed E-state index contributed by atoms with van der Waals surface area (Å²) in [6, 6.07) is 6.33. The second kappa shape index (κ2) is 6.25. The highest BCUT2D eigenvalue weighted by Gasteiger charge is 2.30. The molecule has 5 nitrogen and oxygen atoms in total. The normalized spacial score (nSPS) is 11.8. The van der Waals surface area contributed by atoms with Crippen molar-refractivity contribution in [2.75, 3.05) is 0 Å². The van der Waals surface area contributed by atoms with Gasteiger partial charge in [0, 0.05) is 17.8 Å². The van der Waals surface area contributed by atoms with Crippen LogP contribution in [0.1, 0.15) is 11.1 Å². The van der Waals surface area contributed by atoms with E-state index in [9.17, 15) is 28.4 Å². The van der Waals surface area contributed by atoms with E-state index in [2.05, 4.69) is 4.99 Å². The molecule has 2 aromatic rings. The van der Waals surface area contributed by atoms with Crippen LogP contribution >= 0.6 is 11.6 Å². The number of phenolic OH excluding ortho intramolecular Hbond substituents is 1. The van der Waals surface area contributed by atoms with Gasteiger partial charge < -0.3 is 5.11 Å². The Labute approximate surface area is 132 Å². The van der Waals surface area contributed by atoms with Gasteiger partial charge >= 0.3 is 11.9 Å². The van der Waals surface area contributed by atoms with Crippen molar-refractivity contribution in [1.82, 2.24) is 0 Å². The molecule has 0 spiro atoms. The summed E-state index contributed by atoms with van der Waals surface area (Å²) in [7, 11) is 0. The summed E-state index contributed by atoms with van der Waals surface area (Å²) in [5.74, 6) is -0.635. The Morgan fingerprint density at radius 2 is 1.96 bits per heavy atom. The number of alkyl halides is 3. The maximum absolute atomic E-state index is 12.7. The lowest BCUT2D eigenvalue weighted by atomic mass is 10.1. The lowest BCUT2D eigenvalue weighted by molar-refractivity contribution is -0.385.